The van der Waals surface area contributed by atoms with Crippen molar-refractivity contribution in [3.8, 4) is 11.5 Å². The molecule has 0 N–H and O–H groups in total. The van der Waals surface area contributed by atoms with Crippen molar-refractivity contribution in [2.24, 2.45) is 10.9 Å². The first-order chi connectivity index (χ1) is 19.5. The van der Waals surface area contributed by atoms with Gasteiger partial charge in [-0.1, -0.05) is 43.4 Å². The highest BCUT2D eigenvalue weighted by Crippen LogP contribution is 2.36. The van der Waals surface area contributed by atoms with Gasteiger partial charge in [-0.15, -0.1) is 0 Å². The van der Waals surface area contributed by atoms with Crippen LogP contribution in [-0.2, 0) is 14.3 Å². The number of hydrogen-bond acceptors (Lipinski definition) is 9. The molecule has 1 atom stereocenters. The summed E-state index contributed by atoms with van der Waals surface area (Å²) in [6.07, 6.45) is 1.83. The van der Waals surface area contributed by atoms with Gasteiger partial charge in [0.1, 0.15) is 0 Å². The molecule has 10 heteroatoms. The third-order valence-electron chi connectivity index (χ3n) is 6.33. The minimum Gasteiger partial charge on any atom is -0.490 e. The van der Waals surface area contributed by atoms with Crippen molar-refractivity contribution < 1.29 is 23.8 Å². The number of anilines is 1. The number of thiazole rings is 1. The molecule has 216 valence electrons. The minimum absolute atomic E-state index is 0.130. The first kappa shape index (κ1) is 29.8. The van der Waals surface area contributed by atoms with E-state index in [1.54, 1.807) is 25.1 Å². The first-order valence-electron chi connectivity index (χ1n) is 13.4. The molecule has 41 heavy (non-hydrogen) atoms. The van der Waals surface area contributed by atoms with Crippen LogP contribution in [0.5, 0.6) is 11.5 Å². The van der Waals surface area contributed by atoms with Crippen molar-refractivity contribution in [3.63, 3.8) is 0 Å². The molecule has 0 radical (unpaired) electrons. The number of carbonyl (C=O) groups is 2. The van der Waals surface area contributed by atoms with Gasteiger partial charge in [-0.2, -0.15) is 0 Å². The van der Waals surface area contributed by atoms with Gasteiger partial charge in [0, 0.05) is 26.7 Å². The van der Waals surface area contributed by atoms with Crippen LogP contribution in [0.2, 0.25) is 0 Å². The SMILES string of the molecule is CCOc1cc(C2C(C(=O)OCC(C)C)=C(C)N=c3sc(=Cc4ccc(N(C)C)cc4)c(=O)n32)ccc1OC(C)=O. The number of ether oxygens (including phenoxy) is 3. The number of carbonyl (C=O) groups excluding carboxylic acids is 2. The molecule has 0 aliphatic carbocycles. The van der Waals surface area contributed by atoms with Gasteiger partial charge in [-0.25, -0.2) is 9.79 Å². The Kier molecular flexibility index (Phi) is 9.12. The molecule has 0 bridgehead atoms. The number of hydrogen-bond donors (Lipinski definition) is 0. The molecular formula is C31H35N3O6S. The highest BCUT2D eigenvalue weighted by Gasteiger charge is 2.34. The molecule has 0 fully saturated rings. The Labute approximate surface area is 243 Å². The van der Waals surface area contributed by atoms with E-state index in [-0.39, 0.29) is 29.4 Å². The van der Waals surface area contributed by atoms with Crippen LogP contribution in [0, 0.1) is 5.92 Å². The largest absolute Gasteiger partial charge is 0.490 e. The van der Waals surface area contributed by atoms with Crippen molar-refractivity contribution in [1.29, 1.82) is 0 Å². The van der Waals surface area contributed by atoms with Crippen molar-refractivity contribution in [2.75, 3.05) is 32.2 Å². The Morgan fingerprint density at radius 1 is 1.12 bits per heavy atom. The number of aromatic nitrogens is 1. The normalized spacial score (nSPS) is 14.9. The number of allylic oxidation sites excluding steroid dienone is 1. The smallest absolute Gasteiger partial charge is 0.338 e. The van der Waals surface area contributed by atoms with Crippen LogP contribution < -0.4 is 29.3 Å². The fraction of sp³-hybridized carbons (Fsp3) is 0.355. The summed E-state index contributed by atoms with van der Waals surface area (Å²) < 4.78 is 18.7. The molecule has 3 aromatic rings. The maximum absolute atomic E-state index is 13.9. The Morgan fingerprint density at radius 3 is 2.44 bits per heavy atom. The van der Waals surface area contributed by atoms with Gasteiger partial charge >= 0.3 is 11.9 Å². The summed E-state index contributed by atoms with van der Waals surface area (Å²) in [5.74, 6) is -0.320. The quantitative estimate of drug-likeness (QED) is 0.282. The van der Waals surface area contributed by atoms with E-state index in [2.05, 4.69) is 4.99 Å². The summed E-state index contributed by atoms with van der Waals surface area (Å²) in [5.41, 5.74) is 2.97. The number of esters is 2. The predicted octanol–water partition coefficient (Wildman–Crippen LogP) is 3.82. The summed E-state index contributed by atoms with van der Waals surface area (Å²) in [4.78, 5) is 46.2. The highest BCUT2D eigenvalue weighted by molar-refractivity contribution is 7.07. The van der Waals surface area contributed by atoms with Crippen molar-refractivity contribution in [1.82, 2.24) is 4.57 Å². The Bertz CT molecular complexity index is 1660. The van der Waals surface area contributed by atoms with Crippen molar-refractivity contribution in [3.05, 3.63) is 84.5 Å². The van der Waals surface area contributed by atoms with Crippen LogP contribution in [0.25, 0.3) is 6.08 Å². The highest BCUT2D eigenvalue weighted by atomic mass is 32.1. The second-order valence-corrected chi connectivity index (χ2v) is 11.3. The number of benzene rings is 2. The maximum Gasteiger partial charge on any atom is 0.338 e. The zero-order valence-corrected chi connectivity index (χ0v) is 25.2. The average Bonchev–Trinajstić information content (AvgIpc) is 3.21. The molecule has 1 aromatic heterocycles. The third kappa shape index (κ3) is 6.59. The van der Waals surface area contributed by atoms with Gasteiger partial charge in [-0.05, 0) is 61.2 Å². The molecule has 2 heterocycles. The fourth-order valence-corrected chi connectivity index (χ4v) is 5.49. The minimum atomic E-state index is -0.824. The van der Waals surface area contributed by atoms with E-state index in [0.717, 1.165) is 11.3 Å². The molecule has 9 nitrogen and oxygen atoms in total. The van der Waals surface area contributed by atoms with E-state index in [1.165, 1.54) is 22.8 Å². The predicted molar refractivity (Wildman–Crippen MR) is 159 cm³/mol. The van der Waals surface area contributed by atoms with Crippen molar-refractivity contribution in [2.45, 2.75) is 40.7 Å². The van der Waals surface area contributed by atoms with Gasteiger partial charge < -0.3 is 19.1 Å². The number of nitrogens with zero attached hydrogens (tertiary/aromatic N) is 3. The second kappa shape index (κ2) is 12.6. The van der Waals surface area contributed by atoms with Crippen LogP contribution in [0.15, 0.2) is 63.5 Å². The maximum atomic E-state index is 13.9. The van der Waals surface area contributed by atoms with Crippen LogP contribution in [0.4, 0.5) is 5.69 Å². The van der Waals surface area contributed by atoms with Crippen LogP contribution >= 0.6 is 11.3 Å². The summed E-state index contributed by atoms with van der Waals surface area (Å²) >= 11 is 1.26. The zero-order chi connectivity index (χ0) is 29.8. The molecule has 2 aromatic carbocycles. The van der Waals surface area contributed by atoms with Crippen LogP contribution in [-0.4, -0.2) is 43.8 Å². The Morgan fingerprint density at radius 2 is 1.83 bits per heavy atom. The van der Waals surface area contributed by atoms with E-state index in [0.29, 0.717) is 33.0 Å². The monoisotopic (exact) mass is 577 g/mol. The first-order valence-corrected chi connectivity index (χ1v) is 14.2. The van der Waals surface area contributed by atoms with Crippen LogP contribution in [0.3, 0.4) is 0 Å². The van der Waals surface area contributed by atoms with Crippen LogP contribution in [0.1, 0.15) is 51.8 Å². The molecule has 0 saturated heterocycles. The van der Waals surface area contributed by atoms with E-state index in [1.807, 2.05) is 70.1 Å². The van der Waals surface area contributed by atoms with Gasteiger partial charge in [0.2, 0.25) is 0 Å². The lowest BCUT2D eigenvalue weighted by Crippen LogP contribution is -2.40. The van der Waals surface area contributed by atoms with Gasteiger partial charge in [0.05, 0.1) is 35.1 Å². The van der Waals surface area contributed by atoms with E-state index >= 15 is 0 Å². The Balaban J connectivity index is 1.90. The third-order valence-corrected chi connectivity index (χ3v) is 7.32. The van der Waals surface area contributed by atoms with Crippen molar-refractivity contribution >= 4 is 35.0 Å². The van der Waals surface area contributed by atoms with E-state index in [4.69, 9.17) is 14.2 Å². The summed E-state index contributed by atoms with van der Waals surface area (Å²) in [6, 6.07) is 12.1. The summed E-state index contributed by atoms with van der Waals surface area (Å²) in [7, 11) is 3.93. The number of rotatable bonds is 9. The molecule has 1 unspecified atom stereocenters. The lowest BCUT2D eigenvalue weighted by Gasteiger charge is -2.25. The summed E-state index contributed by atoms with van der Waals surface area (Å²) in [5, 5.41) is 0. The lowest BCUT2D eigenvalue weighted by molar-refractivity contribution is -0.140. The Hall–Kier alpha value is -4.18. The average molecular weight is 578 g/mol. The second-order valence-electron chi connectivity index (χ2n) is 10.3. The summed E-state index contributed by atoms with van der Waals surface area (Å²) in [6.45, 7) is 9.33. The standard InChI is InChI=1S/C31H35N3O6S/c1-8-38-25-16-22(11-14-24(25)40-20(5)35)28-27(30(37)39-17-18(2)3)19(4)32-31-34(28)29(36)26(41-31)15-21-9-12-23(13-10-21)33(6)7/h9-16,18,28H,8,17H2,1-7H3. The molecule has 1 aliphatic rings. The molecule has 0 saturated carbocycles. The van der Waals surface area contributed by atoms with Gasteiger partial charge in [0.15, 0.2) is 16.3 Å². The van der Waals surface area contributed by atoms with E-state index in [9.17, 15) is 14.4 Å². The van der Waals surface area contributed by atoms with Gasteiger partial charge in [0.25, 0.3) is 5.56 Å². The fourth-order valence-electron chi connectivity index (χ4n) is 4.44. The molecule has 0 spiro atoms. The van der Waals surface area contributed by atoms with E-state index < -0.39 is 18.0 Å². The molecular weight excluding hydrogens is 542 g/mol. The number of fused-ring (bicyclic) bond motifs is 1. The molecule has 0 amide bonds. The molecule has 1 aliphatic heterocycles. The lowest BCUT2D eigenvalue weighted by atomic mass is 9.95. The topological polar surface area (TPSA) is 99.4 Å². The molecule has 4 rings (SSSR count). The van der Waals surface area contributed by atoms with Gasteiger partial charge in [-0.3, -0.25) is 14.2 Å². The zero-order valence-electron chi connectivity index (χ0n) is 24.4.